The maximum absolute atomic E-state index is 5.45. The number of nitrogens with zero attached hydrogens (tertiary/aromatic N) is 8. The highest BCUT2D eigenvalue weighted by molar-refractivity contribution is 7.26. The molecule has 7 heterocycles. The number of fused-ring (bicyclic) bond motifs is 16. The van der Waals surface area contributed by atoms with Crippen LogP contribution in [0.25, 0.3) is 159 Å². The fourth-order valence-corrected chi connectivity index (χ4v) is 15.9. The Hall–Kier alpha value is -11.5. The van der Waals surface area contributed by atoms with Crippen LogP contribution in [-0.4, -0.2) is 38.2 Å². The zero-order valence-electron chi connectivity index (χ0n) is 48.8. The molecule has 0 aliphatic heterocycles. The van der Waals surface area contributed by atoms with E-state index < -0.39 is 0 Å². The van der Waals surface area contributed by atoms with Gasteiger partial charge in [-0.1, -0.05) is 207 Å². The van der Waals surface area contributed by atoms with E-state index in [4.69, 9.17) is 19.9 Å². The summed E-state index contributed by atoms with van der Waals surface area (Å²) in [5.41, 5.74) is 16.7. The lowest BCUT2D eigenvalue weighted by Crippen LogP contribution is -2.09. The molecule has 9 heteroatoms. The number of para-hydroxylation sites is 6. The van der Waals surface area contributed by atoms with Gasteiger partial charge in [0, 0.05) is 93.2 Å². The van der Waals surface area contributed by atoms with Crippen LogP contribution in [0.4, 0.5) is 0 Å². The lowest BCUT2D eigenvalue weighted by molar-refractivity contribution is 0.638. The molecule has 2 unspecified atom stereocenters. The van der Waals surface area contributed by atoms with Crippen molar-refractivity contribution in [3.8, 4) is 45.9 Å². The van der Waals surface area contributed by atoms with Crippen LogP contribution in [0.5, 0.6) is 0 Å². The van der Waals surface area contributed by atoms with Crippen molar-refractivity contribution in [3.63, 3.8) is 0 Å². The van der Waals surface area contributed by atoms with E-state index in [-0.39, 0.29) is 11.8 Å². The first-order valence-electron chi connectivity index (χ1n) is 30.7. The van der Waals surface area contributed by atoms with Gasteiger partial charge in [0.15, 0.2) is 17.5 Å². The highest BCUT2D eigenvalue weighted by Crippen LogP contribution is 2.45. The van der Waals surface area contributed by atoms with Crippen LogP contribution in [0, 0.1) is 5.92 Å². The van der Waals surface area contributed by atoms with E-state index in [1.165, 1.54) is 80.2 Å². The second kappa shape index (κ2) is 19.8. The molecule has 422 valence electrons. The summed E-state index contributed by atoms with van der Waals surface area (Å²) < 4.78 is 11.8. The quantitative estimate of drug-likeness (QED) is 0.152. The smallest absolute Gasteiger partial charge is 0.238 e. The molecule has 0 saturated carbocycles. The molecular weight excluding hydrogens is 1120 g/mol. The molecule has 0 bridgehead atoms. The number of hydrogen-bond donors (Lipinski definition) is 0. The molecule has 0 saturated heterocycles. The molecule has 8 nitrogen and oxygen atoms in total. The fraction of sp³-hybridized carbons (Fsp3) is 0.0370. The van der Waals surface area contributed by atoms with Gasteiger partial charge in [0.2, 0.25) is 5.95 Å². The van der Waals surface area contributed by atoms with E-state index in [1.54, 1.807) is 0 Å². The summed E-state index contributed by atoms with van der Waals surface area (Å²) in [6.45, 7) is 2.33. The summed E-state index contributed by atoms with van der Waals surface area (Å²) >= 11 is 1.82. The van der Waals surface area contributed by atoms with Crippen molar-refractivity contribution in [2.24, 2.45) is 5.92 Å². The Kier molecular flexibility index (Phi) is 11.1. The summed E-state index contributed by atoms with van der Waals surface area (Å²) in [5, 5.41) is 12.0. The lowest BCUT2D eigenvalue weighted by atomic mass is 9.80. The number of aromatic nitrogens is 8. The Morgan fingerprint density at radius 3 is 1.53 bits per heavy atom. The number of hydrogen-bond acceptors (Lipinski definition) is 5. The predicted octanol–water partition coefficient (Wildman–Crippen LogP) is 20.7. The standard InChI is InChI=1S/C81H52N8S/c1-49-46-53(54-37-42-73-66(47-54)62-26-12-16-30-71(62)88(73)80-77-65(44-45-82-80)67-48-56(38-43-74(67)90-77)86-68-27-13-8-22-58(68)59-23-9-14-28-69(59)86)36-39-57(49)50-32-34-52(35-33-50)79-83-78(51-18-4-2-5-19-51)84-81(85-79)89-72-31-17-11-25-61(72)64-41-40-63-60-24-10-15-29-70(60)87(75(63)76(64)89)55-20-6-3-7-21-55/h2-49,57H,1H3. The molecule has 11 aromatic carbocycles. The molecule has 0 amide bonds. The third-order valence-corrected chi connectivity index (χ3v) is 20.0. The van der Waals surface area contributed by atoms with Gasteiger partial charge < -0.3 is 9.13 Å². The van der Waals surface area contributed by atoms with Gasteiger partial charge in [0.05, 0.1) is 48.8 Å². The Labute approximate surface area is 520 Å². The van der Waals surface area contributed by atoms with Crippen molar-refractivity contribution in [3.05, 3.63) is 296 Å². The molecule has 1 aliphatic carbocycles. The molecule has 18 aromatic rings. The SMILES string of the molecule is CC1C=C(c2ccc3c(c2)c2ccccc2n3-c2nccc3c2sc2ccc(-n4c5ccccc5c5ccccc54)cc23)C=CC1c1ccc(-c2nc(-c3ccccc3)nc(-n3c4ccccc4c4ccc5c6ccccc6n(-c6ccccc6)c5c43)n2)cc1. The molecule has 19 rings (SSSR count). The Morgan fingerprint density at radius 1 is 0.367 bits per heavy atom. The minimum Gasteiger partial charge on any atom is -0.309 e. The second-order valence-electron chi connectivity index (χ2n) is 23.8. The minimum absolute atomic E-state index is 0.171. The van der Waals surface area contributed by atoms with Crippen molar-refractivity contribution in [1.29, 1.82) is 0 Å². The number of thiophene rings is 1. The highest BCUT2D eigenvalue weighted by Gasteiger charge is 2.26. The fourth-order valence-electron chi connectivity index (χ4n) is 14.7. The van der Waals surface area contributed by atoms with Gasteiger partial charge in [-0.25, -0.2) is 9.97 Å². The zero-order valence-corrected chi connectivity index (χ0v) is 49.6. The predicted molar refractivity (Wildman–Crippen MR) is 374 cm³/mol. The van der Waals surface area contributed by atoms with E-state index in [0.717, 1.165) is 72.2 Å². The average Bonchev–Trinajstić information content (AvgIpc) is 1.62. The summed E-state index contributed by atoms with van der Waals surface area (Å²) in [6, 6.07) is 93.9. The van der Waals surface area contributed by atoms with Crippen molar-refractivity contribution in [2.45, 2.75) is 12.8 Å². The van der Waals surface area contributed by atoms with Crippen LogP contribution < -0.4 is 0 Å². The van der Waals surface area contributed by atoms with E-state index in [2.05, 4.69) is 286 Å². The van der Waals surface area contributed by atoms with Gasteiger partial charge in [-0.3, -0.25) is 9.13 Å². The van der Waals surface area contributed by atoms with Crippen molar-refractivity contribution >= 4 is 124 Å². The lowest BCUT2D eigenvalue weighted by Gasteiger charge is -2.24. The number of rotatable bonds is 8. The molecule has 0 fully saturated rings. The van der Waals surface area contributed by atoms with E-state index >= 15 is 0 Å². The van der Waals surface area contributed by atoms with Crippen LogP contribution in [0.2, 0.25) is 0 Å². The Balaban J connectivity index is 0.669. The van der Waals surface area contributed by atoms with Crippen LogP contribution in [-0.2, 0) is 0 Å². The van der Waals surface area contributed by atoms with Crippen molar-refractivity contribution < 1.29 is 0 Å². The van der Waals surface area contributed by atoms with E-state index in [1.807, 2.05) is 35.7 Å². The molecular formula is C81H52N8S. The van der Waals surface area contributed by atoms with Crippen molar-refractivity contribution in [1.82, 2.24) is 38.2 Å². The van der Waals surface area contributed by atoms with Gasteiger partial charge in [-0.15, -0.1) is 11.3 Å². The molecule has 90 heavy (non-hydrogen) atoms. The average molecular weight is 1170 g/mol. The van der Waals surface area contributed by atoms with Gasteiger partial charge >= 0.3 is 0 Å². The molecule has 0 spiro atoms. The number of allylic oxidation sites excluding steroid dienone is 4. The number of pyridine rings is 1. The van der Waals surface area contributed by atoms with Gasteiger partial charge in [0.25, 0.3) is 0 Å². The maximum atomic E-state index is 5.45. The molecule has 2 atom stereocenters. The summed E-state index contributed by atoms with van der Waals surface area (Å²) in [4.78, 5) is 21.2. The summed E-state index contributed by atoms with van der Waals surface area (Å²) in [5.74, 6) is 3.13. The highest BCUT2D eigenvalue weighted by atomic mass is 32.1. The second-order valence-corrected chi connectivity index (χ2v) is 24.8. The molecule has 0 N–H and O–H groups in total. The minimum atomic E-state index is 0.171. The first-order chi connectivity index (χ1) is 44.6. The number of benzene rings is 11. The summed E-state index contributed by atoms with van der Waals surface area (Å²) in [7, 11) is 0. The molecule has 7 aromatic heterocycles. The monoisotopic (exact) mass is 1170 g/mol. The van der Waals surface area contributed by atoms with E-state index in [9.17, 15) is 0 Å². The van der Waals surface area contributed by atoms with E-state index in [0.29, 0.717) is 17.6 Å². The Bertz CT molecular complexity index is 6000. The van der Waals surface area contributed by atoms with Gasteiger partial charge in [-0.05, 0) is 101 Å². The third kappa shape index (κ3) is 7.60. The Morgan fingerprint density at radius 2 is 0.889 bits per heavy atom. The van der Waals surface area contributed by atoms with Gasteiger partial charge in [0.1, 0.15) is 0 Å². The zero-order chi connectivity index (χ0) is 59.1. The first-order valence-corrected chi connectivity index (χ1v) is 31.5. The van der Waals surface area contributed by atoms with Gasteiger partial charge in [-0.2, -0.15) is 9.97 Å². The third-order valence-electron chi connectivity index (χ3n) is 18.8. The van der Waals surface area contributed by atoms with Crippen LogP contribution in [0.3, 0.4) is 0 Å². The van der Waals surface area contributed by atoms with Crippen LogP contribution in [0.15, 0.2) is 285 Å². The first kappa shape index (κ1) is 50.6. The van der Waals surface area contributed by atoms with Crippen LogP contribution >= 0.6 is 11.3 Å². The van der Waals surface area contributed by atoms with Crippen molar-refractivity contribution in [2.75, 3.05) is 0 Å². The molecule has 0 radical (unpaired) electrons. The summed E-state index contributed by atoms with van der Waals surface area (Å²) in [6.07, 6.45) is 9.12. The molecule has 1 aliphatic rings. The maximum Gasteiger partial charge on any atom is 0.238 e. The topological polar surface area (TPSA) is 71.3 Å². The van der Waals surface area contributed by atoms with Crippen LogP contribution in [0.1, 0.15) is 24.0 Å². The largest absolute Gasteiger partial charge is 0.309 e. The normalized spacial score (nSPS) is 14.5.